The zero-order valence-corrected chi connectivity index (χ0v) is 8.82. The van der Waals surface area contributed by atoms with Crippen LogP contribution in [-0.4, -0.2) is 13.1 Å². The van der Waals surface area contributed by atoms with Gasteiger partial charge in [0, 0.05) is 10.9 Å². The minimum Gasteiger partial charge on any atom is -0.496 e. The van der Waals surface area contributed by atoms with Crippen LogP contribution in [0.5, 0.6) is 5.75 Å². The number of rotatable bonds is 1. The van der Waals surface area contributed by atoms with Crippen molar-refractivity contribution in [3.63, 3.8) is 0 Å². The first kappa shape index (κ1) is 9.21. The van der Waals surface area contributed by atoms with E-state index in [4.69, 9.17) is 9.47 Å². The van der Waals surface area contributed by atoms with Crippen LogP contribution < -0.4 is 4.74 Å². The van der Waals surface area contributed by atoms with Crippen LogP contribution in [0.3, 0.4) is 0 Å². The highest BCUT2D eigenvalue weighted by molar-refractivity contribution is 6.03. The Balaban J connectivity index is 2.44. The molecule has 0 unspecified atom stereocenters. The summed E-state index contributed by atoms with van der Waals surface area (Å²) in [6.07, 6.45) is 0. The average molecular weight is 214 g/mol. The molecule has 0 fully saturated rings. The Bertz CT molecular complexity index is 587. The van der Waals surface area contributed by atoms with E-state index in [-0.39, 0.29) is 5.97 Å². The maximum Gasteiger partial charge on any atom is 0.339 e. The number of carbonyl (C=O) groups excluding carboxylic acids is 1. The summed E-state index contributed by atoms with van der Waals surface area (Å²) in [5, 5.41) is 2.05. The molecular weight excluding hydrogens is 204 g/mol. The Hall–Kier alpha value is -2.03. The van der Waals surface area contributed by atoms with E-state index >= 15 is 0 Å². The lowest BCUT2D eigenvalue weighted by Crippen LogP contribution is -1.95. The lowest BCUT2D eigenvalue weighted by molar-refractivity contribution is 0.0535. The molecule has 16 heavy (non-hydrogen) atoms. The molecule has 1 aliphatic heterocycles. The molecule has 0 saturated heterocycles. The van der Waals surface area contributed by atoms with E-state index < -0.39 is 0 Å². The highest BCUT2D eigenvalue weighted by Crippen LogP contribution is 2.34. The van der Waals surface area contributed by atoms with Gasteiger partial charge in [-0.1, -0.05) is 24.3 Å². The molecule has 2 aromatic rings. The van der Waals surface area contributed by atoms with Crippen molar-refractivity contribution in [3.05, 3.63) is 41.5 Å². The monoisotopic (exact) mass is 214 g/mol. The molecule has 0 aromatic heterocycles. The van der Waals surface area contributed by atoms with Gasteiger partial charge in [0.1, 0.15) is 12.4 Å². The summed E-state index contributed by atoms with van der Waals surface area (Å²) in [6.45, 7) is 0.360. The number of ether oxygens (including phenoxy) is 2. The molecule has 80 valence electrons. The molecule has 0 radical (unpaired) electrons. The van der Waals surface area contributed by atoms with E-state index in [0.29, 0.717) is 17.9 Å². The third-order valence-electron chi connectivity index (χ3n) is 2.91. The first-order chi connectivity index (χ1) is 7.81. The molecule has 0 amide bonds. The smallest absolute Gasteiger partial charge is 0.339 e. The molecule has 3 nitrogen and oxygen atoms in total. The minimum atomic E-state index is -0.265. The van der Waals surface area contributed by atoms with Crippen molar-refractivity contribution in [3.8, 4) is 5.75 Å². The number of hydrogen-bond donors (Lipinski definition) is 0. The van der Waals surface area contributed by atoms with E-state index in [9.17, 15) is 4.79 Å². The van der Waals surface area contributed by atoms with Crippen LogP contribution in [0.15, 0.2) is 30.3 Å². The van der Waals surface area contributed by atoms with Gasteiger partial charge in [-0.3, -0.25) is 0 Å². The molecule has 1 aliphatic rings. The van der Waals surface area contributed by atoms with Crippen molar-refractivity contribution < 1.29 is 14.3 Å². The van der Waals surface area contributed by atoms with E-state index in [1.807, 2.05) is 24.3 Å². The van der Waals surface area contributed by atoms with Gasteiger partial charge in [-0.15, -0.1) is 0 Å². The predicted octanol–water partition coefficient (Wildman–Crippen LogP) is 2.52. The van der Waals surface area contributed by atoms with Crippen LogP contribution in [0, 0.1) is 0 Å². The van der Waals surface area contributed by atoms with Crippen LogP contribution in [0.1, 0.15) is 15.9 Å². The normalized spacial score (nSPS) is 13.7. The fraction of sp³-hybridized carbons (Fsp3) is 0.154. The summed E-state index contributed by atoms with van der Waals surface area (Å²) in [5.41, 5.74) is 1.58. The number of carbonyl (C=O) groups is 1. The Morgan fingerprint density at radius 3 is 2.75 bits per heavy atom. The molecule has 0 N–H and O–H groups in total. The van der Waals surface area contributed by atoms with Crippen molar-refractivity contribution >= 4 is 16.7 Å². The van der Waals surface area contributed by atoms with Crippen LogP contribution in [0.25, 0.3) is 10.8 Å². The van der Waals surface area contributed by atoms with Crippen molar-refractivity contribution in [1.82, 2.24) is 0 Å². The van der Waals surface area contributed by atoms with Gasteiger partial charge in [0.25, 0.3) is 0 Å². The second kappa shape index (κ2) is 3.23. The first-order valence-electron chi connectivity index (χ1n) is 5.07. The van der Waals surface area contributed by atoms with Gasteiger partial charge in [-0.2, -0.15) is 0 Å². The lowest BCUT2D eigenvalue weighted by atomic mass is 10.00. The summed E-state index contributed by atoms with van der Waals surface area (Å²) < 4.78 is 10.3. The van der Waals surface area contributed by atoms with Crippen molar-refractivity contribution in [1.29, 1.82) is 0 Å². The topological polar surface area (TPSA) is 35.5 Å². The van der Waals surface area contributed by atoms with Crippen LogP contribution in [0.4, 0.5) is 0 Å². The fourth-order valence-corrected chi connectivity index (χ4v) is 2.12. The molecule has 0 spiro atoms. The van der Waals surface area contributed by atoms with Gasteiger partial charge in [-0.25, -0.2) is 4.79 Å². The SMILES string of the molecule is COc1cc2c(c3ccccc13)COC2=O. The van der Waals surface area contributed by atoms with Crippen LogP contribution >= 0.6 is 0 Å². The van der Waals surface area contributed by atoms with Gasteiger partial charge in [-0.05, 0) is 11.5 Å². The zero-order chi connectivity index (χ0) is 11.1. The van der Waals surface area contributed by atoms with Crippen molar-refractivity contribution in [2.45, 2.75) is 6.61 Å². The molecule has 0 atom stereocenters. The van der Waals surface area contributed by atoms with Gasteiger partial charge >= 0.3 is 5.97 Å². The van der Waals surface area contributed by atoms with E-state index in [1.54, 1.807) is 13.2 Å². The third kappa shape index (κ3) is 1.11. The third-order valence-corrected chi connectivity index (χ3v) is 2.91. The summed E-state index contributed by atoms with van der Waals surface area (Å²) in [6, 6.07) is 9.63. The number of methoxy groups -OCH3 is 1. The second-order valence-corrected chi connectivity index (χ2v) is 3.73. The molecule has 3 rings (SSSR count). The number of benzene rings is 2. The fourth-order valence-electron chi connectivity index (χ4n) is 2.12. The quantitative estimate of drug-likeness (QED) is 0.684. The molecule has 0 aliphatic carbocycles. The molecule has 1 heterocycles. The standard InChI is InChI=1S/C13H10O3/c1-15-12-6-10-11(7-16-13(10)14)8-4-2-3-5-9(8)12/h2-6H,7H2,1H3. The first-order valence-corrected chi connectivity index (χ1v) is 5.07. The van der Waals surface area contributed by atoms with Crippen molar-refractivity contribution in [2.24, 2.45) is 0 Å². The highest BCUT2D eigenvalue weighted by atomic mass is 16.5. The summed E-state index contributed by atoms with van der Waals surface area (Å²) in [4.78, 5) is 11.5. The molecular formula is C13H10O3. The zero-order valence-electron chi connectivity index (χ0n) is 8.82. The summed E-state index contributed by atoms with van der Waals surface area (Å²) in [7, 11) is 1.61. The lowest BCUT2D eigenvalue weighted by Gasteiger charge is -2.08. The van der Waals surface area contributed by atoms with Gasteiger partial charge in [0.05, 0.1) is 12.7 Å². The highest BCUT2D eigenvalue weighted by Gasteiger charge is 2.24. The summed E-state index contributed by atoms with van der Waals surface area (Å²) >= 11 is 0. The molecule has 0 saturated carbocycles. The van der Waals surface area contributed by atoms with Crippen LogP contribution in [0.2, 0.25) is 0 Å². The summed E-state index contributed by atoms with van der Waals surface area (Å²) in [5.74, 6) is 0.451. The second-order valence-electron chi connectivity index (χ2n) is 3.73. The van der Waals surface area contributed by atoms with Crippen molar-refractivity contribution in [2.75, 3.05) is 7.11 Å². The number of esters is 1. The average Bonchev–Trinajstić information content (AvgIpc) is 2.70. The largest absolute Gasteiger partial charge is 0.496 e. The van der Waals surface area contributed by atoms with Gasteiger partial charge in [0.2, 0.25) is 0 Å². The predicted molar refractivity (Wildman–Crippen MR) is 59.6 cm³/mol. The Labute approximate surface area is 92.6 Å². The number of cyclic esters (lactones) is 1. The maximum absolute atomic E-state index is 11.5. The molecule has 3 heteroatoms. The molecule has 0 bridgehead atoms. The Kier molecular flexibility index (Phi) is 1.86. The van der Waals surface area contributed by atoms with E-state index in [2.05, 4.69) is 0 Å². The maximum atomic E-state index is 11.5. The van der Waals surface area contributed by atoms with Gasteiger partial charge < -0.3 is 9.47 Å². The van der Waals surface area contributed by atoms with E-state index in [1.165, 1.54) is 0 Å². The van der Waals surface area contributed by atoms with Crippen LogP contribution in [-0.2, 0) is 11.3 Å². The Morgan fingerprint density at radius 1 is 1.25 bits per heavy atom. The number of hydrogen-bond acceptors (Lipinski definition) is 3. The molecule has 2 aromatic carbocycles. The van der Waals surface area contributed by atoms with Gasteiger partial charge in [0.15, 0.2) is 0 Å². The number of fused-ring (bicyclic) bond motifs is 3. The Morgan fingerprint density at radius 2 is 2.00 bits per heavy atom. The minimum absolute atomic E-state index is 0.265. The van der Waals surface area contributed by atoms with E-state index in [0.717, 1.165) is 16.3 Å².